The van der Waals surface area contributed by atoms with Crippen molar-refractivity contribution in [3.63, 3.8) is 0 Å². The molecule has 0 saturated carbocycles. The van der Waals surface area contributed by atoms with Crippen LogP contribution in [0.15, 0.2) is 17.0 Å². The molecule has 0 bridgehead atoms. The summed E-state index contributed by atoms with van der Waals surface area (Å²) in [4.78, 5) is 2.51. The number of rotatable bonds is 6. The van der Waals surface area contributed by atoms with E-state index >= 15 is 0 Å². The summed E-state index contributed by atoms with van der Waals surface area (Å²) in [5.74, 6) is 0.699. The predicted octanol–water partition coefficient (Wildman–Crippen LogP) is 0.923. The Morgan fingerprint density at radius 3 is 2.55 bits per heavy atom. The lowest BCUT2D eigenvalue weighted by Gasteiger charge is -2.26. The molecule has 0 unspecified atom stereocenters. The Bertz CT molecular complexity index is 610. The van der Waals surface area contributed by atoms with Crippen molar-refractivity contribution in [1.29, 1.82) is 0 Å². The van der Waals surface area contributed by atoms with Gasteiger partial charge in [-0.05, 0) is 37.1 Å². The molecule has 1 aliphatic rings. The van der Waals surface area contributed by atoms with E-state index in [0.717, 1.165) is 24.2 Å². The van der Waals surface area contributed by atoms with Gasteiger partial charge in [0.2, 0.25) is 10.0 Å². The van der Waals surface area contributed by atoms with Gasteiger partial charge in [-0.3, -0.25) is 4.90 Å². The summed E-state index contributed by atoms with van der Waals surface area (Å²) in [5, 5.41) is 0. The Labute approximate surface area is 132 Å². The van der Waals surface area contributed by atoms with Crippen molar-refractivity contribution in [2.45, 2.75) is 18.7 Å². The third kappa shape index (κ3) is 3.98. The maximum atomic E-state index is 12.5. The van der Waals surface area contributed by atoms with Crippen molar-refractivity contribution < 1.29 is 17.9 Å². The first-order valence-electron chi connectivity index (χ1n) is 7.39. The van der Waals surface area contributed by atoms with Crippen LogP contribution in [-0.4, -0.2) is 59.8 Å². The van der Waals surface area contributed by atoms with Crippen LogP contribution >= 0.6 is 0 Å². The summed E-state index contributed by atoms with van der Waals surface area (Å²) >= 11 is 0. The number of hydrogen-bond donors (Lipinski definition) is 1. The van der Waals surface area contributed by atoms with E-state index in [4.69, 9.17) is 9.47 Å². The lowest BCUT2D eigenvalue weighted by molar-refractivity contribution is 0.0390. The van der Waals surface area contributed by atoms with Gasteiger partial charge in [-0.1, -0.05) is 0 Å². The summed E-state index contributed by atoms with van der Waals surface area (Å²) in [6.45, 7) is 7.87. The van der Waals surface area contributed by atoms with E-state index in [0.29, 0.717) is 36.9 Å². The van der Waals surface area contributed by atoms with Crippen molar-refractivity contribution in [3.8, 4) is 5.75 Å². The smallest absolute Gasteiger partial charge is 0.240 e. The highest BCUT2D eigenvalue weighted by molar-refractivity contribution is 7.89. The van der Waals surface area contributed by atoms with Gasteiger partial charge in [-0.15, -0.1) is 0 Å². The average Bonchev–Trinajstić information content (AvgIpc) is 2.50. The Hall–Kier alpha value is -1.15. The summed E-state index contributed by atoms with van der Waals surface area (Å²) in [5.41, 5.74) is 1.57. The SMILES string of the molecule is COc1ccc(S(=O)(=O)NCCN2CCOCC2)c(C)c1C. The van der Waals surface area contributed by atoms with Crippen LogP contribution in [0.5, 0.6) is 5.75 Å². The van der Waals surface area contributed by atoms with Crippen LogP contribution in [0.3, 0.4) is 0 Å². The Balaban J connectivity index is 2.02. The normalized spacial score (nSPS) is 16.7. The van der Waals surface area contributed by atoms with Crippen LogP contribution in [-0.2, 0) is 14.8 Å². The maximum Gasteiger partial charge on any atom is 0.240 e. The van der Waals surface area contributed by atoms with Gasteiger partial charge >= 0.3 is 0 Å². The molecule has 0 aliphatic carbocycles. The Morgan fingerprint density at radius 1 is 1.23 bits per heavy atom. The van der Waals surface area contributed by atoms with E-state index in [1.165, 1.54) is 0 Å². The second kappa shape index (κ2) is 7.41. The first kappa shape index (κ1) is 17.2. The third-order valence-corrected chi connectivity index (χ3v) is 5.63. The molecule has 0 atom stereocenters. The molecule has 22 heavy (non-hydrogen) atoms. The van der Waals surface area contributed by atoms with Crippen LogP contribution in [0.1, 0.15) is 11.1 Å². The molecule has 0 aromatic heterocycles. The molecule has 1 aliphatic heterocycles. The number of hydrogen-bond acceptors (Lipinski definition) is 5. The van der Waals surface area contributed by atoms with Gasteiger partial charge in [0.1, 0.15) is 5.75 Å². The first-order valence-corrected chi connectivity index (χ1v) is 8.88. The van der Waals surface area contributed by atoms with Crippen LogP contribution in [0.2, 0.25) is 0 Å². The van der Waals surface area contributed by atoms with Gasteiger partial charge in [-0.25, -0.2) is 13.1 Å². The van der Waals surface area contributed by atoms with E-state index in [1.54, 1.807) is 26.2 Å². The minimum absolute atomic E-state index is 0.313. The van der Waals surface area contributed by atoms with Gasteiger partial charge in [0.25, 0.3) is 0 Å². The van der Waals surface area contributed by atoms with Crippen molar-refractivity contribution in [1.82, 2.24) is 9.62 Å². The number of nitrogens with zero attached hydrogens (tertiary/aromatic N) is 1. The van der Waals surface area contributed by atoms with E-state index in [1.807, 2.05) is 6.92 Å². The van der Waals surface area contributed by atoms with Crippen molar-refractivity contribution in [3.05, 3.63) is 23.3 Å². The van der Waals surface area contributed by atoms with Crippen molar-refractivity contribution in [2.24, 2.45) is 0 Å². The molecule has 1 saturated heterocycles. The largest absolute Gasteiger partial charge is 0.496 e. The topological polar surface area (TPSA) is 67.9 Å². The lowest BCUT2D eigenvalue weighted by Crippen LogP contribution is -2.41. The number of morpholine rings is 1. The summed E-state index contributed by atoms with van der Waals surface area (Å²) in [7, 11) is -1.92. The van der Waals surface area contributed by atoms with Crippen LogP contribution in [0, 0.1) is 13.8 Å². The highest BCUT2D eigenvalue weighted by Gasteiger charge is 2.19. The molecule has 6 nitrogen and oxygen atoms in total. The van der Waals surface area contributed by atoms with E-state index in [2.05, 4.69) is 9.62 Å². The molecule has 1 aromatic carbocycles. The number of ether oxygens (including phenoxy) is 2. The summed E-state index contributed by atoms with van der Waals surface area (Å²) in [6, 6.07) is 3.29. The number of sulfonamides is 1. The molecule has 1 heterocycles. The fourth-order valence-corrected chi connectivity index (χ4v) is 3.84. The Kier molecular flexibility index (Phi) is 5.80. The highest BCUT2D eigenvalue weighted by Crippen LogP contribution is 2.26. The quantitative estimate of drug-likeness (QED) is 0.841. The summed E-state index contributed by atoms with van der Waals surface area (Å²) < 4.78 is 38.1. The van der Waals surface area contributed by atoms with E-state index in [9.17, 15) is 8.42 Å². The summed E-state index contributed by atoms with van der Waals surface area (Å²) in [6.07, 6.45) is 0. The highest BCUT2D eigenvalue weighted by atomic mass is 32.2. The minimum Gasteiger partial charge on any atom is -0.496 e. The molecule has 124 valence electrons. The van der Waals surface area contributed by atoms with Crippen molar-refractivity contribution >= 4 is 10.0 Å². The molecule has 0 radical (unpaired) electrons. The minimum atomic E-state index is -3.50. The van der Waals surface area contributed by atoms with Crippen LogP contribution in [0.4, 0.5) is 0 Å². The predicted molar refractivity (Wildman–Crippen MR) is 84.9 cm³/mol. The van der Waals surface area contributed by atoms with Gasteiger partial charge < -0.3 is 9.47 Å². The van der Waals surface area contributed by atoms with Gasteiger partial charge in [-0.2, -0.15) is 0 Å². The van der Waals surface area contributed by atoms with E-state index < -0.39 is 10.0 Å². The number of nitrogens with one attached hydrogen (secondary N) is 1. The Morgan fingerprint density at radius 2 is 1.91 bits per heavy atom. The lowest BCUT2D eigenvalue weighted by atomic mass is 10.1. The van der Waals surface area contributed by atoms with Crippen LogP contribution < -0.4 is 9.46 Å². The zero-order valence-electron chi connectivity index (χ0n) is 13.4. The molecular formula is C15H24N2O4S. The molecule has 0 spiro atoms. The monoisotopic (exact) mass is 328 g/mol. The van der Waals surface area contributed by atoms with E-state index in [-0.39, 0.29) is 0 Å². The first-order chi connectivity index (χ1) is 10.5. The second-order valence-electron chi connectivity index (χ2n) is 5.37. The number of methoxy groups -OCH3 is 1. The van der Waals surface area contributed by atoms with Gasteiger partial charge in [0, 0.05) is 26.2 Å². The molecule has 7 heteroatoms. The maximum absolute atomic E-state index is 12.5. The zero-order chi connectivity index (χ0) is 16.2. The molecule has 0 amide bonds. The number of benzene rings is 1. The molecule has 1 fully saturated rings. The molecule has 1 aromatic rings. The standard InChI is InChI=1S/C15H24N2O4S/c1-12-13(2)15(5-4-14(12)20-3)22(18,19)16-6-7-17-8-10-21-11-9-17/h4-5,16H,6-11H2,1-3H3. The van der Waals surface area contributed by atoms with Crippen molar-refractivity contribution in [2.75, 3.05) is 46.5 Å². The molecule has 2 rings (SSSR count). The van der Waals surface area contributed by atoms with Crippen LogP contribution in [0.25, 0.3) is 0 Å². The van der Waals surface area contributed by atoms with Gasteiger partial charge in [0.05, 0.1) is 25.2 Å². The fraction of sp³-hybridized carbons (Fsp3) is 0.600. The zero-order valence-corrected chi connectivity index (χ0v) is 14.2. The molecule has 1 N–H and O–H groups in total. The fourth-order valence-electron chi connectivity index (χ4n) is 2.52. The molecular weight excluding hydrogens is 304 g/mol. The van der Waals surface area contributed by atoms with Gasteiger partial charge in [0.15, 0.2) is 0 Å². The third-order valence-electron chi connectivity index (χ3n) is 4.02. The average molecular weight is 328 g/mol. The second-order valence-corrected chi connectivity index (χ2v) is 7.10.